The molecule has 2 rings (SSSR count). The number of rotatable bonds is 5. The van der Waals surface area contributed by atoms with Crippen LogP contribution in [0.2, 0.25) is 0 Å². The Kier molecular flexibility index (Phi) is 5.12. The van der Waals surface area contributed by atoms with Crippen LogP contribution in [0.15, 0.2) is 21.4 Å². The minimum Gasteiger partial charge on any atom is -0.367 e. The normalized spacial score (nSPS) is 11.1. The number of aromatic nitrogens is 2. The van der Waals surface area contributed by atoms with Crippen molar-refractivity contribution in [3.8, 4) is 0 Å². The monoisotopic (exact) mass is 354 g/mol. The average molecular weight is 355 g/mol. The van der Waals surface area contributed by atoms with E-state index in [0.717, 1.165) is 27.5 Å². The predicted octanol–water partition coefficient (Wildman–Crippen LogP) is 3.52. The van der Waals surface area contributed by atoms with E-state index in [9.17, 15) is 0 Å². The second-order valence-corrected chi connectivity index (χ2v) is 7.32. The van der Waals surface area contributed by atoms with Crippen molar-refractivity contribution >= 4 is 33.0 Å². The van der Waals surface area contributed by atoms with Gasteiger partial charge < -0.3 is 10.6 Å². The van der Waals surface area contributed by atoms with Crippen LogP contribution in [0, 0.1) is 0 Å². The van der Waals surface area contributed by atoms with Gasteiger partial charge in [-0.25, -0.2) is 9.97 Å². The van der Waals surface area contributed by atoms with Crippen molar-refractivity contribution in [1.82, 2.24) is 9.97 Å². The molecule has 0 aliphatic rings. The van der Waals surface area contributed by atoms with E-state index in [2.05, 4.69) is 56.1 Å². The molecule has 0 radical (unpaired) electrons. The molecule has 4 nitrogen and oxygen atoms in total. The molecule has 0 saturated heterocycles. The fourth-order valence-electron chi connectivity index (χ4n) is 1.96. The molecule has 0 unspecified atom stereocenters. The van der Waals surface area contributed by atoms with Gasteiger partial charge in [-0.3, -0.25) is 0 Å². The van der Waals surface area contributed by atoms with Crippen LogP contribution in [-0.2, 0) is 13.1 Å². The molecule has 0 amide bonds. The smallest absolute Gasteiger partial charge is 0.131 e. The van der Waals surface area contributed by atoms with Gasteiger partial charge in [0.15, 0.2) is 0 Å². The van der Waals surface area contributed by atoms with E-state index in [-0.39, 0.29) is 0 Å². The van der Waals surface area contributed by atoms with Gasteiger partial charge in [-0.2, -0.15) is 0 Å². The minimum absolute atomic E-state index is 0.312. The van der Waals surface area contributed by atoms with Crippen LogP contribution in [0.5, 0.6) is 0 Å². The zero-order valence-corrected chi connectivity index (χ0v) is 14.3. The van der Waals surface area contributed by atoms with E-state index in [1.165, 1.54) is 5.56 Å². The molecule has 0 bridgehead atoms. The summed E-state index contributed by atoms with van der Waals surface area (Å²) >= 11 is 5.18. The number of hydrogen-bond acceptors (Lipinski definition) is 5. The molecule has 0 aliphatic carbocycles. The zero-order valence-electron chi connectivity index (χ0n) is 11.9. The van der Waals surface area contributed by atoms with Crippen molar-refractivity contribution in [3.63, 3.8) is 0 Å². The molecular formula is C14H19BrN4S. The Bertz CT molecular complexity index is 582. The van der Waals surface area contributed by atoms with Gasteiger partial charge in [-0.05, 0) is 32.9 Å². The Morgan fingerprint density at radius 3 is 2.75 bits per heavy atom. The molecule has 20 heavy (non-hydrogen) atoms. The van der Waals surface area contributed by atoms with Gasteiger partial charge >= 0.3 is 0 Å². The number of nitrogens with two attached hydrogens (primary N) is 1. The van der Waals surface area contributed by atoms with Crippen molar-refractivity contribution in [2.45, 2.75) is 32.9 Å². The van der Waals surface area contributed by atoms with Crippen LogP contribution in [0.3, 0.4) is 0 Å². The molecule has 2 heterocycles. The minimum atomic E-state index is 0.312. The number of anilines is 1. The summed E-state index contributed by atoms with van der Waals surface area (Å²) < 4.78 is 1.14. The molecule has 6 heteroatoms. The van der Waals surface area contributed by atoms with Gasteiger partial charge in [-0.15, -0.1) is 11.3 Å². The summed E-state index contributed by atoms with van der Waals surface area (Å²) in [7, 11) is 2.04. The third kappa shape index (κ3) is 3.56. The highest BCUT2D eigenvalue weighted by atomic mass is 79.9. The highest BCUT2D eigenvalue weighted by Gasteiger charge is 2.12. The van der Waals surface area contributed by atoms with Crippen molar-refractivity contribution in [1.29, 1.82) is 0 Å². The lowest BCUT2D eigenvalue weighted by Crippen LogP contribution is -2.20. The van der Waals surface area contributed by atoms with E-state index in [4.69, 9.17) is 5.73 Å². The summed E-state index contributed by atoms with van der Waals surface area (Å²) in [5, 5.41) is 2.14. The number of nitrogens with zero attached hydrogens (tertiary/aromatic N) is 3. The van der Waals surface area contributed by atoms with E-state index in [1.54, 1.807) is 11.3 Å². The van der Waals surface area contributed by atoms with Gasteiger partial charge in [0, 0.05) is 26.1 Å². The zero-order chi connectivity index (χ0) is 14.7. The molecule has 2 aromatic rings. The molecule has 0 atom stereocenters. The highest BCUT2D eigenvalue weighted by molar-refractivity contribution is 9.11. The van der Waals surface area contributed by atoms with Crippen LogP contribution in [-0.4, -0.2) is 17.0 Å². The van der Waals surface area contributed by atoms with E-state index in [0.29, 0.717) is 12.5 Å². The Balaban J connectivity index is 2.22. The molecular weight excluding hydrogens is 336 g/mol. The number of thiophene rings is 1. The van der Waals surface area contributed by atoms with Crippen molar-refractivity contribution in [2.24, 2.45) is 5.73 Å². The topological polar surface area (TPSA) is 55.0 Å². The first-order valence-corrected chi connectivity index (χ1v) is 8.18. The molecule has 0 saturated carbocycles. The van der Waals surface area contributed by atoms with Crippen molar-refractivity contribution in [2.75, 3.05) is 11.9 Å². The summed E-state index contributed by atoms with van der Waals surface area (Å²) in [6, 6.07) is 2.13. The maximum atomic E-state index is 5.83. The van der Waals surface area contributed by atoms with Gasteiger partial charge in [-0.1, -0.05) is 13.8 Å². The fourth-order valence-corrected chi connectivity index (χ4v) is 3.16. The molecule has 108 valence electrons. The van der Waals surface area contributed by atoms with Crippen molar-refractivity contribution < 1.29 is 0 Å². The van der Waals surface area contributed by atoms with Crippen LogP contribution < -0.4 is 10.6 Å². The van der Waals surface area contributed by atoms with Crippen LogP contribution in [0.1, 0.15) is 36.8 Å². The van der Waals surface area contributed by atoms with Gasteiger partial charge in [0.2, 0.25) is 0 Å². The van der Waals surface area contributed by atoms with E-state index < -0.39 is 0 Å². The third-order valence-electron chi connectivity index (χ3n) is 3.03. The molecule has 0 aromatic carbocycles. The van der Waals surface area contributed by atoms with Crippen LogP contribution in [0.4, 0.5) is 5.69 Å². The van der Waals surface area contributed by atoms with Gasteiger partial charge in [0.25, 0.3) is 0 Å². The lowest BCUT2D eigenvalue weighted by molar-refractivity contribution is 0.748. The third-order valence-corrected chi connectivity index (χ3v) is 4.58. The van der Waals surface area contributed by atoms with Crippen LogP contribution in [0.25, 0.3) is 0 Å². The Labute approximate surface area is 132 Å². The van der Waals surface area contributed by atoms with Crippen molar-refractivity contribution in [3.05, 3.63) is 38.5 Å². The standard InChI is InChI=1S/C14H19BrN4S/c1-9(2)14-17-6-12(11(5-16)18-14)19(3)7-10-4-13(15)20-8-10/h4,6,8-9H,5,7,16H2,1-3H3. The molecule has 0 spiro atoms. The lowest BCUT2D eigenvalue weighted by atomic mass is 10.2. The number of halogens is 1. The summed E-state index contributed by atoms with van der Waals surface area (Å²) in [6.07, 6.45) is 1.88. The number of hydrogen-bond donors (Lipinski definition) is 1. The quantitative estimate of drug-likeness (QED) is 0.892. The maximum absolute atomic E-state index is 5.83. The van der Waals surface area contributed by atoms with E-state index in [1.807, 2.05) is 13.2 Å². The highest BCUT2D eigenvalue weighted by Crippen LogP contribution is 2.25. The lowest BCUT2D eigenvalue weighted by Gasteiger charge is -2.21. The molecule has 0 aliphatic heterocycles. The Morgan fingerprint density at radius 2 is 2.20 bits per heavy atom. The SMILES string of the molecule is CC(C)c1ncc(N(C)Cc2csc(Br)c2)c(CN)n1. The molecule has 2 N–H and O–H groups in total. The second-order valence-electron chi connectivity index (χ2n) is 5.03. The Morgan fingerprint density at radius 1 is 1.45 bits per heavy atom. The average Bonchev–Trinajstić information content (AvgIpc) is 2.83. The molecule has 2 aromatic heterocycles. The summed E-state index contributed by atoms with van der Waals surface area (Å²) in [6.45, 7) is 5.42. The largest absolute Gasteiger partial charge is 0.367 e. The first kappa shape index (κ1) is 15.4. The van der Waals surface area contributed by atoms with Crippen LogP contribution >= 0.6 is 27.3 Å². The summed E-state index contributed by atoms with van der Waals surface area (Å²) in [4.78, 5) is 11.2. The van der Waals surface area contributed by atoms with E-state index >= 15 is 0 Å². The Hall–Kier alpha value is -0.980. The molecule has 0 fully saturated rings. The summed E-state index contributed by atoms with van der Waals surface area (Å²) in [5.74, 6) is 1.16. The summed E-state index contributed by atoms with van der Waals surface area (Å²) in [5.41, 5.74) is 9.00. The fraction of sp³-hybridized carbons (Fsp3) is 0.429. The van der Waals surface area contributed by atoms with Gasteiger partial charge in [0.05, 0.1) is 21.4 Å². The maximum Gasteiger partial charge on any atom is 0.131 e. The first-order valence-electron chi connectivity index (χ1n) is 6.51. The first-order chi connectivity index (χ1) is 9.51. The second kappa shape index (κ2) is 6.65. The predicted molar refractivity (Wildman–Crippen MR) is 88.1 cm³/mol. The van der Waals surface area contributed by atoms with Gasteiger partial charge in [0.1, 0.15) is 5.82 Å².